The molecule has 0 unspecified atom stereocenters. The molecular weight excluding hydrogens is 225 g/mol. The maximum Gasteiger partial charge on any atom is 0.241 e. The fourth-order valence-corrected chi connectivity index (χ4v) is 1.74. The van der Waals surface area contributed by atoms with E-state index in [2.05, 4.69) is 15.3 Å². The number of likely N-dealkylation sites (tertiary alicyclic amines) is 1. The van der Waals surface area contributed by atoms with Gasteiger partial charge in [0.15, 0.2) is 11.6 Å². The summed E-state index contributed by atoms with van der Waals surface area (Å²) in [6.45, 7) is 1.57. The number of hydrogen-bond donors (Lipinski definition) is 2. The first-order chi connectivity index (χ1) is 8.16. The predicted molar refractivity (Wildman–Crippen MR) is 60.7 cm³/mol. The molecule has 7 heteroatoms. The van der Waals surface area contributed by atoms with Gasteiger partial charge in [0.25, 0.3) is 0 Å². The highest BCUT2D eigenvalue weighted by atomic mass is 19.1. The lowest BCUT2D eigenvalue weighted by Crippen LogP contribution is -2.33. The molecule has 17 heavy (non-hydrogen) atoms. The normalized spacial score (nSPS) is 15.0. The summed E-state index contributed by atoms with van der Waals surface area (Å²) < 4.78 is 13.2. The number of halogens is 1. The number of carbonyl (C=O) groups excluding carboxylic acids is 1. The summed E-state index contributed by atoms with van der Waals surface area (Å²) in [6.07, 6.45) is 3.03. The lowest BCUT2D eigenvalue weighted by molar-refractivity contribution is -0.128. The van der Waals surface area contributed by atoms with Crippen molar-refractivity contribution in [2.75, 3.05) is 30.7 Å². The average molecular weight is 239 g/mol. The van der Waals surface area contributed by atoms with E-state index in [0.29, 0.717) is 0 Å². The maximum atomic E-state index is 13.2. The van der Waals surface area contributed by atoms with Crippen molar-refractivity contribution < 1.29 is 9.18 Å². The van der Waals surface area contributed by atoms with Crippen LogP contribution in [0.1, 0.15) is 12.8 Å². The Bertz CT molecular complexity index is 419. The van der Waals surface area contributed by atoms with Gasteiger partial charge in [0.1, 0.15) is 0 Å². The zero-order valence-corrected chi connectivity index (χ0v) is 9.32. The van der Waals surface area contributed by atoms with Crippen LogP contribution in [0.2, 0.25) is 0 Å². The number of amides is 1. The van der Waals surface area contributed by atoms with Gasteiger partial charge in [-0.1, -0.05) is 0 Å². The van der Waals surface area contributed by atoms with Crippen LogP contribution in [0.5, 0.6) is 0 Å². The molecule has 1 fully saturated rings. The molecule has 1 aliphatic rings. The molecule has 2 heterocycles. The van der Waals surface area contributed by atoms with E-state index < -0.39 is 5.82 Å². The largest absolute Gasteiger partial charge is 0.368 e. The van der Waals surface area contributed by atoms with Gasteiger partial charge >= 0.3 is 0 Å². The van der Waals surface area contributed by atoms with E-state index in [0.717, 1.165) is 32.1 Å². The zero-order chi connectivity index (χ0) is 12.3. The lowest BCUT2D eigenvalue weighted by atomic mass is 10.4. The summed E-state index contributed by atoms with van der Waals surface area (Å²) in [5, 5.41) is 2.63. The molecular formula is C10H14FN5O. The molecule has 0 radical (unpaired) electrons. The highest BCUT2D eigenvalue weighted by molar-refractivity contribution is 5.80. The summed E-state index contributed by atoms with van der Waals surface area (Å²) in [5.41, 5.74) is 5.33. The number of hydrogen-bond acceptors (Lipinski definition) is 5. The molecule has 1 saturated heterocycles. The van der Waals surface area contributed by atoms with Crippen LogP contribution in [-0.2, 0) is 4.79 Å². The summed E-state index contributed by atoms with van der Waals surface area (Å²) >= 11 is 0. The first-order valence-corrected chi connectivity index (χ1v) is 5.46. The minimum absolute atomic E-state index is 0.0212. The number of nitrogens with two attached hydrogens (primary N) is 1. The van der Waals surface area contributed by atoms with Crippen LogP contribution < -0.4 is 11.1 Å². The van der Waals surface area contributed by atoms with Crippen molar-refractivity contribution in [3.05, 3.63) is 12.0 Å². The third-order valence-electron chi connectivity index (χ3n) is 2.63. The molecule has 92 valence electrons. The first kappa shape index (κ1) is 11.6. The summed E-state index contributed by atoms with van der Waals surface area (Å²) in [5.74, 6) is -0.736. The van der Waals surface area contributed by atoms with Gasteiger partial charge in [0.2, 0.25) is 11.9 Å². The fourth-order valence-electron chi connectivity index (χ4n) is 1.74. The Balaban J connectivity index is 1.92. The van der Waals surface area contributed by atoms with E-state index in [-0.39, 0.29) is 24.2 Å². The number of nitrogens with one attached hydrogen (secondary N) is 1. The SMILES string of the molecule is Nc1ncc(F)c(NCC(=O)N2CCCC2)n1. The fraction of sp³-hybridized carbons (Fsp3) is 0.500. The van der Waals surface area contributed by atoms with Gasteiger partial charge in [0, 0.05) is 13.1 Å². The van der Waals surface area contributed by atoms with Crippen LogP contribution in [0.15, 0.2) is 6.20 Å². The summed E-state index contributed by atoms with van der Waals surface area (Å²) in [6, 6.07) is 0. The number of aromatic nitrogens is 2. The van der Waals surface area contributed by atoms with Gasteiger partial charge in [-0.15, -0.1) is 0 Å². The summed E-state index contributed by atoms with van der Waals surface area (Å²) in [4.78, 5) is 20.6. The molecule has 1 amide bonds. The molecule has 1 aromatic heterocycles. The van der Waals surface area contributed by atoms with Gasteiger partial charge in [-0.25, -0.2) is 9.37 Å². The molecule has 0 atom stereocenters. The highest BCUT2D eigenvalue weighted by Gasteiger charge is 2.18. The van der Waals surface area contributed by atoms with Crippen LogP contribution in [0, 0.1) is 5.82 Å². The van der Waals surface area contributed by atoms with Crippen LogP contribution in [0.3, 0.4) is 0 Å². The van der Waals surface area contributed by atoms with Crippen molar-refractivity contribution in [3.63, 3.8) is 0 Å². The molecule has 1 aromatic rings. The van der Waals surface area contributed by atoms with Gasteiger partial charge in [-0.05, 0) is 12.8 Å². The molecule has 0 spiro atoms. The second-order valence-corrected chi connectivity index (χ2v) is 3.87. The van der Waals surface area contributed by atoms with Gasteiger partial charge in [-0.3, -0.25) is 4.79 Å². The molecule has 1 aliphatic heterocycles. The Morgan fingerprint density at radius 2 is 2.24 bits per heavy atom. The minimum Gasteiger partial charge on any atom is -0.368 e. The molecule has 0 aliphatic carbocycles. The Morgan fingerprint density at radius 3 is 2.94 bits per heavy atom. The van der Waals surface area contributed by atoms with Crippen LogP contribution in [-0.4, -0.2) is 40.4 Å². The quantitative estimate of drug-likeness (QED) is 0.789. The van der Waals surface area contributed by atoms with Gasteiger partial charge in [0.05, 0.1) is 12.7 Å². The Hall–Kier alpha value is -1.92. The third-order valence-corrected chi connectivity index (χ3v) is 2.63. The number of nitrogen functional groups attached to an aromatic ring is 1. The number of rotatable bonds is 3. The third kappa shape index (κ3) is 2.80. The van der Waals surface area contributed by atoms with E-state index in [9.17, 15) is 9.18 Å². The molecule has 2 rings (SSSR count). The van der Waals surface area contributed by atoms with Crippen molar-refractivity contribution >= 4 is 17.7 Å². The van der Waals surface area contributed by atoms with E-state index in [1.54, 1.807) is 4.90 Å². The van der Waals surface area contributed by atoms with Crippen LogP contribution in [0.25, 0.3) is 0 Å². The highest BCUT2D eigenvalue weighted by Crippen LogP contribution is 2.11. The van der Waals surface area contributed by atoms with E-state index in [1.807, 2.05) is 0 Å². The monoisotopic (exact) mass is 239 g/mol. The maximum absolute atomic E-state index is 13.2. The average Bonchev–Trinajstić information content (AvgIpc) is 2.83. The van der Waals surface area contributed by atoms with E-state index in [1.165, 1.54) is 0 Å². The van der Waals surface area contributed by atoms with Crippen molar-refractivity contribution in [3.8, 4) is 0 Å². The molecule has 0 saturated carbocycles. The minimum atomic E-state index is -0.617. The smallest absolute Gasteiger partial charge is 0.241 e. The zero-order valence-electron chi connectivity index (χ0n) is 9.32. The Morgan fingerprint density at radius 1 is 1.53 bits per heavy atom. The van der Waals surface area contributed by atoms with Crippen molar-refractivity contribution in [2.45, 2.75) is 12.8 Å². The number of anilines is 2. The second kappa shape index (κ2) is 4.94. The standard InChI is InChI=1S/C10H14FN5O/c11-7-5-14-10(12)15-9(7)13-6-8(17)16-3-1-2-4-16/h5H,1-4,6H2,(H3,12,13,14,15). The molecule has 3 N–H and O–H groups in total. The summed E-state index contributed by atoms with van der Waals surface area (Å²) in [7, 11) is 0. The topological polar surface area (TPSA) is 84.1 Å². The van der Waals surface area contributed by atoms with E-state index in [4.69, 9.17) is 5.73 Å². The van der Waals surface area contributed by atoms with Gasteiger partial charge < -0.3 is 16.0 Å². The van der Waals surface area contributed by atoms with Crippen molar-refractivity contribution in [2.24, 2.45) is 0 Å². The molecule has 0 aromatic carbocycles. The number of nitrogens with zero attached hydrogens (tertiary/aromatic N) is 3. The van der Waals surface area contributed by atoms with E-state index >= 15 is 0 Å². The number of carbonyl (C=O) groups is 1. The molecule has 6 nitrogen and oxygen atoms in total. The van der Waals surface area contributed by atoms with Crippen molar-refractivity contribution in [1.29, 1.82) is 0 Å². The lowest BCUT2D eigenvalue weighted by Gasteiger charge is -2.15. The molecule has 0 bridgehead atoms. The first-order valence-electron chi connectivity index (χ1n) is 5.46. The van der Waals surface area contributed by atoms with Crippen LogP contribution in [0.4, 0.5) is 16.2 Å². The second-order valence-electron chi connectivity index (χ2n) is 3.87. The van der Waals surface area contributed by atoms with Crippen molar-refractivity contribution in [1.82, 2.24) is 14.9 Å². The predicted octanol–water partition coefficient (Wildman–Crippen LogP) is 0.232. The Kier molecular flexibility index (Phi) is 3.36. The van der Waals surface area contributed by atoms with Gasteiger partial charge in [-0.2, -0.15) is 4.98 Å². The Labute approximate surface area is 98.0 Å². The van der Waals surface area contributed by atoms with Crippen LogP contribution >= 0.6 is 0 Å².